The van der Waals surface area contributed by atoms with Crippen molar-refractivity contribution in [2.24, 2.45) is 4.99 Å². The van der Waals surface area contributed by atoms with Gasteiger partial charge in [0.1, 0.15) is 11.5 Å². The maximum Gasteiger partial charge on any atom is 0.225 e. The van der Waals surface area contributed by atoms with Gasteiger partial charge in [0.2, 0.25) is 5.90 Å². The molecular formula is C22H18BrNO2. The second-order valence-electron chi connectivity index (χ2n) is 5.54. The molecule has 3 aromatic carbocycles. The second kappa shape index (κ2) is 9.02. The van der Waals surface area contributed by atoms with Crippen molar-refractivity contribution in [3.8, 4) is 11.5 Å². The van der Waals surface area contributed by atoms with Crippen molar-refractivity contribution in [3.05, 3.63) is 101 Å². The molecule has 0 amide bonds. The van der Waals surface area contributed by atoms with Crippen LogP contribution in [0.15, 0.2) is 106 Å². The molecule has 0 radical (unpaired) electrons. The molecule has 0 spiro atoms. The van der Waals surface area contributed by atoms with Gasteiger partial charge in [0.15, 0.2) is 0 Å². The molecule has 0 fully saturated rings. The molecule has 130 valence electrons. The highest BCUT2D eigenvalue weighted by Gasteiger charge is 2.08. The molecule has 4 heteroatoms. The molecule has 0 atom stereocenters. The third kappa shape index (κ3) is 5.33. The zero-order valence-corrected chi connectivity index (χ0v) is 15.9. The van der Waals surface area contributed by atoms with Crippen LogP contribution in [0.3, 0.4) is 0 Å². The summed E-state index contributed by atoms with van der Waals surface area (Å²) < 4.78 is 12.7. The van der Waals surface area contributed by atoms with Crippen LogP contribution in [0, 0.1) is 0 Å². The smallest absolute Gasteiger partial charge is 0.225 e. The minimum absolute atomic E-state index is 0.477. The topological polar surface area (TPSA) is 30.8 Å². The van der Waals surface area contributed by atoms with Crippen molar-refractivity contribution in [1.82, 2.24) is 0 Å². The zero-order chi connectivity index (χ0) is 18.2. The molecular weight excluding hydrogens is 390 g/mol. The molecule has 0 unspecified atom stereocenters. The normalized spacial score (nSPS) is 11.9. The highest BCUT2D eigenvalue weighted by Crippen LogP contribution is 2.21. The van der Waals surface area contributed by atoms with Crippen LogP contribution in [-0.2, 0) is 0 Å². The lowest BCUT2D eigenvalue weighted by molar-refractivity contribution is 0.473. The molecule has 0 saturated heterocycles. The van der Waals surface area contributed by atoms with Crippen LogP contribution < -0.4 is 9.47 Å². The van der Waals surface area contributed by atoms with Crippen molar-refractivity contribution in [3.63, 3.8) is 0 Å². The molecule has 0 aliphatic heterocycles. The van der Waals surface area contributed by atoms with Crippen LogP contribution in [-0.4, -0.2) is 5.90 Å². The molecule has 0 bridgehead atoms. The molecule has 0 aliphatic carbocycles. The third-order valence-electron chi connectivity index (χ3n) is 3.45. The lowest BCUT2D eigenvalue weighted by Crippen LogP contribution is -2.10. The van der Waals surface area contributed by atoms with E-state index in [0.29, 0.717) is 11.6 Å². The minimum atomic E-state index is 0.477. The SMILES string of the molecule is CC(=COc1ccccc1)C(=Nc1ccccc1)Oc1cccc(Br)c1. The Balaban J connectivity index is 1.88. The van der Waals surface area contributed by atoms with E-state index in [-0.39, 0.29) is 0 Å². The Kier molecular flexibility index (Phi) is 6.23. The van der Waals surface area contributed by atoms with Crippen molar-refractivity contribution in [2.75, 3.05) is 0 Å². The first-order valence-corrected chi connectivity index (χ1v) is 8.96. The van der Waals surface area contributed by atoms with Gasteiger partial charge in [0.25, 0.3) is 0 Å². The summed E-state index contributed by atoms with van der Waals surface area (Å²) in [5.74, 6) is 1.93. The Morgan fingerprint density at radius 3 is 2.19 bits per heavy atom. The first-order valence-electron chi connectivity index (χ1n) is 8.17. The molecule has 0 saturated carbocycles. The van der Waals surface area contributed by atoms with Gasteiger partial charge in [-0.25, -0.2) is 4.99 Å². The van der Waals surface area contributed by atoms with E-state index >= 15 is 0 Å². The summed E-state index contributed by atoms with van der Waals surface area (Å²) >= 11 is 3.46. The largest absolute Gasteiger partial charge is 0.465 e. The quantitative estimate of drug-likeness (QED) is 0.273. The number of hydrogen-bond acceptors (Lipinski definition) is 3. The summed E-state index contributed by atoms with van der Waals surface area (Å²) in [7, 11) is 0. The summed E-state index contributed by atoms with van der Waals surface area (Å²) in [6.45, 7) is 1.91. The predicted molar refractivity (Wildman–Crippen MR) is 109 cm³/mol. The number of aliphatic imine (C=N–C) groups is 1. The van der Waals surface area contributed by atoms with E-state index in [1.165, 1.54) is 0 Å². The van der Waals surface area contributed by atoms with Crippen molar-refractivity contribution >= 4 is 27.5 Å². The number of benzene rings is 3. The fourth-order valence-electron chi connectivity index (χ4n) is 2.16. The van der Waals surface area contributed by atoms with Crippen molar-refractivity contribution < 1.29 is 9.47 Å². The van der Waals surface area contributed by atoms with Crippen LogP contribution in [0.25, 0.3) is 0 Å². The van der Waals surface area contributed by atoms with E-state index < -0.39 is 0 Å². The number of nitrogens with zero attached hydrogens (tertiary/aromatic N) is 1. The number of rotatable bonds is 5. The van der Waals surface area contributed by atoms with Crippen LogP contribution in [0.5, 0.6) is 11.5 Å². The van der Waals surface area contributed by atoms with Gasteiger partial charge in [-0.1, -0.05) is 58.4 Å². The summed E-state index contributed by atoms with van der Waals surface area (Å²) in [5.41, 5.74) is 1.59. The average Bonchev–Trinajstić information content (AvgIpc) is 2.67. The lowest BCUT2D eigenvalue weighted by atomic mass is 10.3. The molecule has 3 nitrogen and oxygen atoms in total. The molecule has 0 N–H and O–H groups in total. The van der Waals surface area contributed by atoms with E-state index in [9.17, 15) is 0 Å². The fourth-order valence-corrected chi connectivity index (χ4v) is 2.54. The summed E-state index contributed by atoms with van der Waals surface area (Å²) in [6, 6.07) is 26.9. The number of para-hydroxylation sites is 2. The van der Waals surface area contributed by atoms with E-state index in [1.54, 1.807) is 6.26 Å². The van der Waals surface area contributed by atoms with E-state index in [0.717, 1.165) is 21.5 Å². The fraction of sp³-hybridized carbons (Fsp3) is 0.0455. The minimum Gasteiger partial charge on any atom is -0.465 e. The number of hydrogen-bond donors (Lipinski definition) is 0. The lowest BCUT2D eigenvalue weighted by Gasteiger charge is -2.10. The van der Waals surface area contributed by atoms with Crippen molar-refractivity contribution in [2.45, 2.75) is 6.92 Å². The van der Waals surface area contributed by atoms with Gasteiger partial charge in [-0.05, 0) is 49.4 Å². The van der Waals surface area contributed by atoms with Gasteiger partial charge in [0, 0.05) is 10.0 Å². The predicted octanol–water partition coefficient (Wildman–Crippen LogP) is 6.54. The van der Waals surface area contributed by atoms with Crippen LogP contribution in [0.1, 0.15) is 6.92 Å². The summed E-state index contributed by atoms with van der Waals surface area (Å²) in [4.78, 5) is 4.63. The monoisotopic (exact) mass is 407 g/mol. The van der Waals surface area contributed by atoms with Gasteiger partial charge in [-0.15, -0.1) is 0 Å². The van der Waals surface area contributed by atoms with Gasteiger partial charge < -0.3 is 9.47 Å². The Hall–Kier alpha value is -2.85. The zero-order valence-electron chi connectivity index (χ0n) is 14.3. The molecule has 0 heterocycles. The maximum atomic E-state index is 6.02. The van der Waals surface area contributed by atoms with Crippen LogP contribution in [0.4, 0.5) is 5.69 Å². The molecule has 0 aromatic heterocycles. The summed E-state index contributed by atoms with van der Waals surface area (Å²) in [6.07, 6.45) is 1.65. The first-order chi connectivity index (χ1) is 12.7. The van der Waals surface area contributed by atoms with E-state index in [2.05, 4.69) is 20.9 Å². The maximum absolute atomic E-state index is 6.02. The van der Waals surface area contributed by atoms with Gasteiger partial charge in [-0.2, -0.15) is 0 Å². The molecule has 3 aromatic rings. The Morgan fingerprint density at radius 2 is 1.50 bits per heavy atom. The van der Waals surface area contributed by atoms with E-state index in [1.807, 2.05) is 91.9 Å². The Labute approximate surface area is 161 Å². The standard InChI is InChI=1S/C22H18BrNO2/c1-17(16-25-20-12-6-3-7-13-20)22(24-19-10-4-2-5-11-19)26-21-14-8-9-18(23)15-21/h2-16H,1H3. The van der Waals surface area contributed by atoms with Gasteiger partial charge in [0.05, 0.1) is 11.9 Å². The molecule has 26 heavy (non-hydrogen) atoms. The second-order valence-corrected chi connectivity index (χ2v) is 6.46. The molecule has 0 aliphatic rings. The van der Waals surface area contributed by atoms with Gasteiger partial charge in [-0.3, -0.25) is 0 Å². The first kappa shape index (κ1) is 18.0. The third-order valence-corrected chi connectivity index (χ3v) is 3.94. The Morgan fingerprint density at radius 1 is 0.846 bits per heavy atom. The Bertz CT molecular complexity index is 906. The highest BCUT2D eigenvalue weighted by molar-refractivity contribution is 9.10. The van der Waals surface area contributed by atoms with Crippen LogP contribution in [0.2, 0.25) is 0 Å². The van der Waals surface area contributed by atoms with Crippen molar-refractivity contribution in [1.29, 1.82) is 0 Å². The average molecular weight is 408 g/mol. The van der Waals surface area contributed by atoms with Crippen LogP contribution >= 0.6 is 15.9 Å². The number of halogens is 1. The van der Waals surface area contributed by atoms with Gasteiger partial charge >= 0.3 is 0 Å². The highest BCUT2D eigenvalue weighted by atomic mass is 79.9. The van der Waals surface area contributed by atoms with E-state index in [4.69, 9.17) is 9.47 Å². The number of ether oxygens (including phenoxy) is 2. The molecule has 3 rings (SSSR count). The summed E-state index contributed by atoms with van der Waals surface area (Å²) in [5, 5.41) is 0.